The molecule has 0 amide bonds. The summed E-state index contributed by atoms with van der Waals surface area (Å²) < 4.78 is 2.57. The standard InChI is InChI=1S/C10H11ClN2OS/c1-13-6-12-5-8(13)9(14)4-7-2-3-10(11)15-7/h2-3,5-6,9,14H,4H2,1H3. The van der Waals surface area contributed by atoms with Gasteiger partial charge in [0.05, 0.1) is 22.6 Å². The van der Waals surface area contributed by atoms with Crippen LogP contribution in [0.5, 0.6) is 0 Å². The van der Waals surface area contributed by atoms with E-state index < -0.39 is 6.10 Å². The molecule has 0 aliphatic heterocycles. The van der Waals surface area contributed by atoms with Crippen molar-refractivity contribution in [1.29, 1.82) is 0 Å². The van der Waals surface area contributed by atoms with Crippen molar-refractivity contribution in [3.05, 3.63) is 39.6 Å². The molecule has 1 N–H and O–H groups in total. The third-order valence-corrected chi connectivity index (χ3v) is 3.47. The van der Waals surface area contributed by atoms with Gasteiger partial charge in [-0.1, -0.05) is 11.6 Å². The van der Waals surface area contributed by atoms with Gasteiger partial charge < -0.3 is 9.67 Å². The molecule has 0 spiro atoms. The maximum Gasteiger partial charge on any atom is 0.100 e. The van der Waals surface area contributed by atoms with Crippen LogP contribution < -0.4 is 0 Å². The van der Waals surface area contributed by atoms with Gasteiger partial charge in [0, 0.05) is 18.3 Å². The Morgan fingerprint density at radius 2 is 2.40 bits per heavy atom. The minimum atomic E-state index is -0.521. The van der Waals surface area contributed by atoms with Gasteiger partial charge in [-0.05, 0) is 12.1 Å². The predicted octanol–water partition coefficient (Wildman–Crippen LogP) is 2.41. The quantitative estimate of drug-likeness (QED) is 0.898. The Morgan fingerprint density at radius 3 is 2.93 bits per heavy atom. The first kappa shape index (κ1) is 10.7. The molecule has 0 saturated carbocycles. The lowest BCUT2D eigenvalue weighted by Gasteiger charge is -2.09. The average molecular weight is 243 g/mol. The zero-order valence-corrected chi connectivity index (χ0v) is 9.79. The van der Waals surface area contributed by atoms with Crippen LogP contribution in [0.15, 0.2) is 24.7 Å². The number of nitrogens with zero attached hydrogens (tertiary/aromatic N) is 2. The van der Waals surface area contributed by atoms with E-state index in [1.54, 1.807) is 12.5 Å². The lowest BCUT2D eigenvalue weighted by molar-refractivity contribution is 0.171. The Balaban J connectivity index is 2.10. The lowest BCUT2D eigenvalue weighted by atomic mass is 10.2. The molecule has 0 fully saturated rings. The van der Waals surface area contributed by atoms with Crippen molar-refractivity contribution < 1.29 is 5.11 Å². The molecular weight excluding hydrogens is 232 g/mol. The number of hydrogen-bond acceptors (Lipinski definition) is 3. The van der Waals surface area contributed by atoms with Crippen LogP contribution in [0, 0.1) is 0 Å². The summed E-state index contributed by atoms with van der Waals surface area (Å²) in [5.74, 6) is 0. The zero-order valence-electron chi connectivity index (χ0n) is 8.22. The van der Waals surface area contributed by atoms with Crippen LogP contribution in [-0.4, -0.2) is 14.7 Å². The van der Waals surface area contributed by atoms with Gasteiger partial charge in [-0.15, -0.1) is 11.3 Å². The molecule has 1 unspecified atom stereocenters. The van der Waals surface area contributed by atoms with E-state index in [0.29, 0.717) is 6.42 Å². The third kappa shape index (κ3) is 2.40. The summed E-state index contributed by atoms with van der Waals surface area (Å²) in [4.78, 5) is 5.05. The second-order valence-electron chi connectivity index (χ2n) is 3.36. The second kappa shape index (κ2) is 4.35. The SMILES string of the molecule is Cn1cncc1C(O)Cc1ccc(Cl)s1. The molecule has 0 saturated heterocycles. The van der Waals surface area contributed by atoms with Crippen molar-refractivity contribution in [2.45, 2.75) is 12.5 Å². The summed E-state index contributed by atoms with van der Waals surface area (Å²) in [5.41, 5.74) is 0.819. The normalized spacial score (nSPS) is 13.0. The molecule has 2 aromatic heterocycles. The summed E-state index contributed by atoms with van der Waals surface area (Å²) >= 11 is 7.31. The Hall–Kier alpha value is -0.840. The number of aliphatic hydroxyl groups excluding tert-OH is 1. The van der Waals surface area contributed by atoms with Crippen molar-refractivity contribution in [2.75, 3.05) is 0 Å². The highest BCUT2D eigenvalue weighted by molar-refractivity contribution is 7.16. The van der Waals surface area contributed by atoms with Gasteiger partial charge in [-0.25, -0.2) is 4.98 Å². The molecular formula is C10H11ClN2OS. The van der Waals surface area contributed by atoms with Gasteiger partial charge in [0.1, 0.15) is 6.10 Å². The highest BCUT2D eigenvalue weighted by Crippen LogP contribution is 2.26. The smallest absolute Gasteiger partial charge is 0.100 e. The second-order valence-corrected chi connectivity index (χ2v) is 5.15. The minimum absolute atomic E-state index is 0.521. The van der Waals surface area contributed by atoms with Crippen LogP contribution in [0.2, 0.25) is 4.34 Å². The molecule has 15 heavy (non-hydrogen) atoms. The van der Waals surface area contributed by atoms with Gasteiger partial charge in [-0.2, -0.15) is 0 Å². The van der Waals surface area contributed by atoms with E-state index in [9.17, 15) is 5.11 Å². The molecule has 2 heterocycles. The van der Waals surface area contributed by atoms with E-state index in [1.165, 1.54) is 11.3 Å². The molecule has 2 rings (SSSR count). The molecule has 3 nitrogen and oxygen atoms in total. The van der Waals surface area contributed by atoms with E-state index in [0.717, 1.165) is 14.9 Å². The molecule has 80 valence electrons. The average Bonchev–Trinajstić information content (AvgIpc) is 2.75. The molecule has 0 aliphatic rings. The fraction of sp³-hybridized carbons (Fsp3) is 0.300. The number of hydrogen-bond donors (Lipinski definition) is 1. The molecule has 5 heteroatoms. The first-order valence-corrected chi connectivity index (χ1v) is 5.75. The monoisotopic (exact) mass is 242 g/mol. The molecule has 1 atom stereocenters. The Kier molecular flexibility index (Phi) is 3.09. The number of aliphatic hydroxyl groups is 1. The van der Waals surface area contributed by atoms with Gasteiger partial charge in [-0.3, -0.25) is 0 Å². The van der Waals surface area contributed by atoms with Crippen LogP contribution in [-0.2, 0) is 13.5 Å². The largest absolute Gasteiger partial charge is 0.386 e. The number of thiophene rings is 1. The van der Waals surface area contributed by atoms with E-state index in [1.807, 2.05) is 23.7 Å². The van der Waals surface area contributed by atoms with Crippen molar-refractivity contribution in [3.63, 3.8) is 0 Å². The molecule has 2 aromatic rings. The van der Waals surface area contributed by atoms with E-state index in [4.69, 9.17) is 11.6 Å². The molecule has 0 bridgehead atoms. The Labute approximate surface area is 97.0 Å². The topological polar surface area (TPSA) is 38.0 Å². The van der Waals surface area contributed by atoms with E-state index in [-0.39, 0.29) is 0 Å². The summed E-state index contributed by atoms with van der Waals surface area (Å²) in [6, 6.07) is 3.78. The number of rotatable bonds is 3. The van der Waals surface area contributed by atoms with Gasteiger partial charge in [0.15, 0.2) is 0 Å². The van der Waals surface area contributed by atoms with Crippen LogP contribution >= 0.6 is 22.9 Å². The molecule has 0 aromatic carbocycles. The zero-order chi connectivity index (χ0) is 10.8. The van der Waals surface area contributed by atoms with Crippen LogP contribution in [0.4, 0.5) is 0 Å². The maximum atomic E-state index is 9.96. The third-order valence-electron chi connectivity index (χ3n) is 2.22. The van der Waals surface area contributed by atoms with Gasteiger partial charge >= 0.3 is 0 Å². The van der Waals surface area contributed by atoms with Gasteiger partial charge in [0.25, 0.3) is 0 Å². The molecule has 0 aliphatic carbocycles. The predicted molar refractivity (Wildman–Crippen MR) is 61.2 cm³/mol. The minimum Gasteiger partial charge on any atom is -0.386 e. The van der Waals surface area contributed by atoms with Crippen molar-refractivity contribution in [3.8, 4) is 0 Å². The number of imidazole rings is 1. The lowest BCUT2D eigenvalue weighted by Crippen LogP contribution is -2.05. The Bertz CT molecular complexity index is 452. The van der Waals surface area contributed by atoms with E-state index >= 15 is 0 Å². The van der Waals surface area contributed by atoms with Crippen molar-refractivity contribution >= 4 is 22.9 Å². The Morgan fingerprint density at radius 1 is 1.60 bits per heavy atom. The number of halogens is 1. The van der Waals surface area contributed by atoms with Crippen molar-refractivity contribution in [2.24, 2.45) is 7.05 Å². The molecule has 0 radical (unpaired) electrons. The fourth-order valence-electron chi connectivity index (χ4n) is 1.45. The van der Waals surface area contributed by atoms with Crippen LogP contribution in [0.25, 0.3) is 0 Å². The maximum absolute atomic E-state index is 9.96. The highest BCUT2D eigenvalue weighted by atomic mass is 35.5. The van der Waals surface area contributed by atoms with Crippen molar-refractivity contribution in [1.82, 2.24) is 9.55 Å². The number of aryl methyl sites for hydroxylation is 1. The van der Waals surface area contributed by atoms with Crippen LogP contribution in [0.1, 0.15) is 16.7 Å². The first-order valence-electron chi connectivity index (χ1n) is 4.55. The summed E-state index contributed by atoms with van der Waals surface area (Å²) in [6.07, 6.45) is 3.42. The van der Waals surface area contributed by atoms with Crippen LogP contribution in [0.3, 0.4) is 0 Å². The fourth-order valence-corrected chi connectivity index (χ4v) is 2.57. The van der Waals surface area contributed by atoms with Gasteiger partial charge in [0.2, 0.25) is 0 Å². The summed E-state index contributed by atoms with van der Waals surface area (Å²) in [6.45, 7) is 0. The van der Waals surface area contributed by atoms with E-state index in [2.05, 4.69) is 4.98 Å². The summed E-state index contributed by atoms with van der Waals surface area (Å²) in [5, 5.41) is 9.96. The first-order chi connectivity index (χ1) is 7.16. The summed E-state index contributed by atoms with van der Waals surface area (Å²) in [7, 11) is 1.87. The number of aromatic nitrogens is 2. The highest BCUT2D eigenvalue weighted by Gasteiger charge is 2.13.